The van der Waals surface area contributed by atoms with Gasteiger partial charge in [0.25, 0.3) is 0 Å². The summed E-state index contributed by atoms with van der Waals surface area (Å²) < 4.78 is 0. The summed E-state index contributed by atoms with van der Waals surface area (Å²) in [6, 6.07) is 21.0. The topological polar surface area (TPSA) is 133 Å². The highest BCUT2D eigenvalue weighted by Crippen LogP contribution is 2.31. The summed E-state index contributed by atoms with van der Waals surface area (Å²) in [6.45, 7) is 8.38. The Morgan fingerprint density at radius 2 is 1.58 bits per heavy atom. The van der Waals surface area contributed by atoms with E-state index in [0.717, 1.165) is 28.6 Å². The smallest absolute Gasteiger partial charge is 0.305 e. The fourth-order valence-electron chi connectivity index (χ4n) is 4.68. The van der Waals surface area contributed by atoms with Gasteiger partial charge >= 0.3 is 5.97 Å². The van der Waals surface area contributed by atoms with Gasteiger partial charge in [-0.05, 0) is 65.8 Å². The van der Waals surface area contributed by atoms with Gasteiger partial charge in [-0.25, -0.2) is 9.97 Å². The summed E-state index contributed by atoms with van der Waals surface area (Å²) in [7, 11) is 0. The Labute approximate surface area is 253 Å². The summed E-state index contributed by atoms with van der Waals surface area (Å²) >= 11 is 0. The van der Waals surface area contributed by atoms with Crippen molar-refractivity contribution in [2.75, 3.05) is 18.4 Å². The molecular formula is C34H41N5O4. The lowest BCUT2D eigenvalue weighted by atomic mass is 9.94. The maximum absolute atomic E-state index is 12.6. The highest BCUT2D eigenvalue weighted by atomic mass is 16.4. The van der Waals surface area contributed by atoms with Crippen LogP contribution in [0, 0.1) is 13.8 Å². The Bertz CT molecular complexity index is 1520. The van der Waals surface area contributed by atoms with Crippen molar-refractivity contribution < 1.29 is 19.5 Å². The largest absolute Gasteiger partial charge is 0.481 e. The van der Waals surface area contributed by atoms with Gasteiger partial charge < -0.3 is 21.1 Å². The van der Waals surface area contributed by atoms with E-state index in [2.05, 4.69) is 57.1 Å². The molecule has 4 aromatic rings. The molecule has 9 heteroatoms. The number of anilines is 1. The average Bonchev–Trinajstić information content (AvgIpc) is 3.01. The van der Waals surface area contributed by atoms with Gasteiger partial charge in [0.15, 0.2) is 0 Å². The third kappa shape index (κ3) is 9.92. The number of carbonyl (C=O) groups is 3. The number of aryl methyl sites for hydroxylation is 2. The standard InChI is InChI=1S/C32H35N5O4.C2H6/c1-21-10-15-26(27-8-4-3-7-25(21)27)23-11-13-24(14-12-23)28(19-31(40)41)37-30(39)20-35-29(38)9-5-6-17-33-32-34-18-16-22(2)36-32;1-2/h3-4,7-8,10-16,18,28H,5-6,9,17,19-20H2,1-2H3,(H,35,38)(H,37,39)(H,40,41)(H,33,34,36);1-2H3. The zero-order valence-corrected chi connectivity index (χ0v) is 25.3. The Balaban J connectivity index is 0.00000248. The monoisotopic (exact) mass is 583 g/mol. The summed E-state index contributed by atoms with van der Waals surface area (Å²) in [4.78, 5) is 44.8. The predicted octanol–water partition coefficient (Wildman–Crippen LogP) is 5.97. The maximum atomic E-state index is 12.6. The SMILES string of the molecule is CC.Cc1ccnc(NCCCCC(=O)NCC(=O)NC(CC(=O)O)c2ccc(-c3ccc(C)c4ccccc34)cc2)n1. The number of amides is 2. The molecule has 9 nitrogen and oxygen atoms in total. The molecule has 0 aliphatic heterocycles. The molecule has 0 radical (unpaired) electrons. The van der Waals surface area contributed by atoms with Crippen LogP contribution in [0.3, 0.4) is 0 Å². The van der Waals surface area contributed by atoms with E-state index >= 15 is 0 Å². The minimum Gasteiger partial charge on any atom is -0.481 e. The van der Waals surface area contributed by atoms with E-state index in [1.807, 2.05) is 63.2 Å². The van der Waals surface area contributed by atoms with Gasteiger partial charge in [0.1, 0.15) is 0 Å². The van der Waals surface area contributed by atoms with Crippen LogP contribution >= 0.6 is 0 Å². The van der Waals surface area contributed by atoms with E-state index in [0.29, 0.717) is 24.5 Å². The fraction of sp³-hybridized carbons (Fsp3) is 0.324. The fourth-order valence-corrected chi connectivity index (χ4v) is 4.68. The van der Waals surface area contributed by atoms with Crippen molar-refractivity contribution in [3.8, 4) is 11.1 Å². The number of benzene rings is 3. The number of hydrogen-bond donors (Lipinski definition) is 4. The lowest BCUT2D eigenvalue weighted by molar-refractivity contribution is -0.138. The Morgan fingerprint density at radius 1 is 0.860 bits per heavy atom. The molecule has 1 atom stereocenters. The third-order valence-corrected chi connectivity index (χ3v) is 6.83. The second-order valence-electron chi connectivity index (χ2n) is 10.00. The number of fused-ring (bicyclic) bond motifs is 1. The first-order chi connectivity index (χ1) is 20.8. The van der Waals surface area contributed by atoms with Gasteiger partial charge in [-0.1, -0.05) is 74.5 Å². The minimum atomic E-state index is -1.03. The number of carboxylic acid groups (broad SMARTS) is 1. The van der Waals surface area contributed by atoms with Crippen LogP contribution in [0.5, 0.6) is 0 Å². The molecule has 4 rings (SSSR count). The summed E-state index contributed by atoms with van der Waals surface area (Å²) in [5.74, 6) is -1.16. The molecule has 3 aromatic carbocycles. The number of hydrogen-bond acceptors (Lipinski definition) is 6. The normalized spacial score (nSPS) is 11.2. The molecule has 1 unspecified atom stereocenters. The molecular weight excluding hydrogens is 542 g/mol. The first-order valence-electron chi connectivity index (χ1n) is 14.7. The van der Waals surface area contributed by atoms with Gasteiger partial charge in [0, 0.05) is 24.9 Å². The Hall–Kier alpha value is -4.79. The quantitative estimate of drug-likeness (QED) is 0.143. The second-order valence-corrected chi connectivity index (χ2v) is 10.00. The lowest BCUT2D eigenvalue weighted by Crippen LogP contribution is -2.39. The Kier molecular flexibility index (Phi) is 12.6. The zero-order valence-electron chi connectivity index (χ0n) is 25.3. The van der Waals surface area contributed by atoms with Crippen molar-refractivity contribution in [1.29, 1.82) is 0 Å². The molecule has 0 fully saturated rings. The predicted molar refractivity (Wildman–Crippen MR) is 171 cm³/mol. The number of nitrogens with zero attached hydrogens (tertiary/aromatic N) is 2. The molecule has 0 aliphatic rings. The van der Waals surface area contributed by atoms with Crippen LogP contribution in [-0.2, 0) is 14.4 Å². The number of aliphatic carboxylic acids is 1. The van der Waals surface area contributed by atoms with E-state index in [-0.39, 0.29) is 25.3 Å². The minimum absolute atomic E-state index is 0.224. The van der Waals surface area contributed by atoms with Gasteiger partial charge in [-0.3, -0.25) is 14.4 Å². The molecule has 0 saturated heterocycles. The number of aromatic nitrogens is 2. The van der Waals surface area contributed by atoms with Crippen LogP contribution in [0.1, 0.15) is 62.4 Å². The summed E-state index contributed by atoms with van der Waals surface area (Å²) in [5, 5.41) is 20.3. The molecule has 226 valence electrons. The van der Waals surface area contributed by atoms with Crippen molar-refractivity contribution in [3.63, 3.8) is 0 Å². The number of unbranched alkanes of at least 4 members (excludes halogenated alkanes) is 1. The van der Waals surface area contributed by atoms with Crippen molar-refractivity contribution in [3.05, 3.63) is 89.7 Å². The molecule has 4 N–H and O–H groups in total. The molecule has 0 spiro atoms. The van der Waals surface area contributed by atoms with Gasteiger partial charge in [-0.2, -0.15) is 0 Å². The second kappa shape index (κ2) is 16.6. The van der Waals surface area contributed by atoms with E-state index < -0.39 is 17.9 Å². The highest BCUT2D eigenvalue weighted by Gasteiger charge is 2.19. The zero-order chi connectivity index (χ0) is 31.2. The van der Waals surface area contributed by atoms with Crippen LogP contribution in [-0.4, -0.2) is 45.9 Å². The molecule has 0 aliphatic carbocycles. The molecule has 0 saturated carbocycles. The highest BCUT2D eigenvalue weighted by molar-refractivity contribution is 5.98. The van der Waals surface area contributed by atoms with Crippen molar-refractivity contribution in [2.45, 2.75) is 59.4 Å². The van der Waals surface area contributed by atoms with E-state index in [1.54, 1.807) is 6.20 Å². The average molecular weight is 584 g/mol. The molecule has 43 heavy (non-hydrogen) atoms. The van der Waals surface area contributed by atoms with Crippen LogP contribution in [0.2, 0.25) is 0 Å². The van der Waals surface area contributed by atoms with Crippen LogP contribution in [0.25, 0.3) is 21.9 Å². The van der Waals surface area contributed by atoms with Gasteiger partial charge in [-0.15, -0.1) is 0 Å². The summed E-state index contributed by atoms with van der Waals surface area (Å²) in [5.41, 5.74) is 4.83. The van der Waals surface area contributed by atoms with Crippen LogP contribution < -0.4 is 16.0 Å². The van der Waals surface area contributed by atoms with Gasteiger partial charge in [0.05, 0.1) is 19.0 Å². The van der Waals surface area contributed by atoms with Crippen LogP contribution in [0.4, 0.5) is 5.95 Å². The lowest BCUT2D eigenvalue weighted by Gasteiger charge is -2.18. The van der Waals surface area contributed by atoms with E-state index in [9.17, 15) is 19.5 Å². The number of carboxylic acids is 1. The molecule has 1 heterocycles. The van der Waals surface area contributed by atoms with Crippen LogP contribution in [0.15, 0.2) is 72.9 Å². The van der Waals surface area contributed by atoms with Crippen molar-refractivity contribution in [2.24, 2.45) is 0 Å². The molecule has 1 aromatic heterocycles. The van der Waals surface area contributed by atoms with Gasteiger partial charge in [0.2, 0.25) is 17.8 Å². The number of nitrogens with one attached hydrogen (secondary N) is 3. The Morgan fingerprint density at radius 3 is 2.28 bits per heavy atom. The summed E-state index contributed by atoms with van der Waals surface area (Å²) in [6.07, 6.45) is 3.07. The van der Waals surface area contributed by atoms with E-state index in [1.165, 1.54) is 10.9 Å². The maximum Gasteiger partial charge on any atom is 0.305 e. The van der Waals surface area contributed by atoms with E-state index in [4.69, 9.17) is 0 Å². The first kappa shape index (κ1) is 32.7. The first-order valence-corrected chi connectivity index (χ1v) is 14.7. The molecule has 0 bridgehead atoms. The number of rotatable bonds is 13. The number of carbonyl (C=O) groups excluding carboxylic acids is 2. The van der Waals surface area contributed by atoms with Crippen molar-refractivity contribution in [1.82, 2.24) is 20.6 Å². The van der Waals surface area contributed by atoms with Crippen molar-refractivity contribution >= 4 is 34.5 Å². The third-order valence-electron chi connectivity index (χ3n) is 6.83. The molecule has 2 amide bonds.